The summed E-state index contributed by atoms with van der Waals surface area (Å²) in [5, 5.41) is 17.8. The number of aromatic nitrogens is 1. The van der Waals surface area contributed by atoms with Crippen molar-refractivity contribution in [3.8, 4) is 0 Å². The van der Waals surface area contributed by atoms with Crippen LogP contribution in [0.5, 0.6) is 0 Å². The first-order valence-corrected chi connectivity index (χ1v) is 8.59. The standard InChI is InChI=1S/C16H29N3O2S/c1-15(2,3)13-19-12(10-22-13)6-8-17-14(21)18-11-16(4,5)7-9-20/h10,20H,6-9,11H2,1-5H3,(H2,17,18,21). The van der Waals surface area contributed by atoms with Gasteiger partial charge in [0.25, 0.3) is 0 Å². The Morgan fingerprint density at radius 3 is 2.50 bits per heavy atom. The van der Waals surface area contributed by atoms with E-state index in [-0.39, 0.29) is 23.5 Å². The van der Waals surface area contributed by atoms with Gasteiger partial charge in [0, 0.05) is 36.9 Å². The number of aliphatic hydroxyl groups excluding tert-OH is 1. The van der Waals surface area contributed by atoms with Crippen LogP contribution in [0.1, 0.15) is 51.7 Å². The van der Waals surface area contributed by atoms with Crippen LogP contribution in [0.15, 0.2) is 5.38 Å². The van der Waals surface area contributed by atoms with E-state index in [1.807, 2.05) is 13.8 Å². The zero-order valence-corrected chi connectivity index (χ0v) is 15.1. The van der Waals surface area contributed by atoms with Crippen LogP contribution in [-0.4, -0.2) is 35.8 Å². The molecule has 0 saturated carbocycles. The lowest BCUT2D eigenvalue weighted by atomic mass is 9.90. The van der Waals surface area contributed by atoms with Crippen molar-refractivity contribution in [3.05, 3.63) is 16.1 Å². The Morgan fingerprint density at radius 2 is 1.95 bits per heavy atom. The monoisotopic (exact) mass is 327 g/mol. The summed E-state index contributed by atoms with van der Waals surface area (Å²) in [5.41, 5.74) is 1.00. The van der Waals surface area contributed by atoms with Gasteiger partial charge in [0.2, 0.25) is 0 Å². The molecule has 22 heavy (non-hydrogen) atoms. The van der Waals surface area contributed by atoms with Gasteiger partial charge >= 0.3 is 6.03 Å². The maximum Gasteiger partial charge on any atom is 0.314 e. The van der Waals surface area contributed by atoms with Gasteiger partial charge in [-0.2, -0.15) is 0 Å². The van der Waals surface area contributed by atoms with Crippen LogP contribution >= 0.6 is 11.3 Å². The van der Waals surface area contributed by atoms with E-state index in [2.05, 4.69) is 41.8 Å². The average Bonchev–Trinajstić information content (AvgIpc) is 2.85. The third-order valence-corrected chi connectivity index (χ3v) is 4.69. The third kappa shape index (κ3) is 6.75. The maximum absolute atomic E-state index is 11.7. The van der Waals surface area contributed by atoms with E-state index in [0.717, 1.165) is 17.1 Å². The zero-order valence-electron chi connectivity index (χ0n) is 14.3. The predicted molar refractivity (Wildman–Crippen MR) is 91.4 cm³/mol. The quantitative estimate of drug-likeness (QED) is 0.721. The Bertz CT molecular complexity index is 478. The summed E-state index contributed by atoms with van der Waals surface area (Å²) in [5.74, 6) is 0. The molecule has 1 aromatic heterocycles. The number of carbonyl (C=O) groups is 1. The number of hydrogen-bond acceptors (Lipinski definition) is 4. The number of urea groups is 1. The molecule has 5 nitrogen and oxygen atoms in total. The zero-order chi connectivity index (χ0) is 16.8. The van der Waals surface area contributed by atoms with Crippen molar-refractivity contribution in [2.45, 2.75) is 52.9 Å². The lowest BCUT2D eigenvalue weighted by molar-refractivity contribution is 0.201. The van der Waals surface area contributed by atoms with E-state index >= 15 is 0 Å². The van der Waals surface area contributed by atoms with Crippen molar-refractivity contribution in [2.75, 3.05) is 19.7 Å². The number of hydrogen-bond donors (Lipinski definition) is 3. The molecule has 0 bridgehead atoms. The Balaban J connectivity index is 2.29. The smallest absolute Gasteiger partial charge is 0.314 e. The summed E-state index contributed by atoms with van der Waals surface area (Å²) in [6.07, 6.45) is 1.40. The summed E-state index contributed by atoms with van der Waals surface area (Å²) in [6.45, 7) is 11.7. The summed E-state index contributed by atoms with van der Waals surface area (Å²) >= 11 is 1.67. The van der Waals surface area contributed by atoms with Crippen LogP contribution in [-0.2, 0) is 11.8 Å². The summed E-state index contributed by atoms with van der Waals surface area (Å²) < 4.78 is 0. The molecule has 126 valence electrons. The second-order valence-electron chi connectivity index (χ2n) is 7.39. The molecule has 0 aliphatic heterocycles. The highest BCUT2D eigenvalue weighted by Gasteiger charge is 2.19. The van der Waals surface area contributed by atoms with Crippen LogP contribution in [0.4, 0.5) is 4.79 Å². The number of nitrogens with one attached hydrogen (secondary N) is 2. The minimum absolute atomic E-state index is 0.0754. The highest BCUT2D eigenvalue weighted by molar-refractivity contribution is 7.09. The highest BCUT2D eigenvalue weighted by atomic mass is 32.1. The van der Waals surface area contributed by atoms with E-state index in [4.69, 9.17) is 5.11 Å². The highest BCUT2D eigenvalue weighted by Crippen LogP contribution is 2.25. The molecule has 0 aromatic carbocycles. The molecule has 0 saturated heterocycles. The normalized spacial score (nSPS) is 12.3. The first kappa shape index (κ1) is 18.9. The second kappa shape index (κ2) is 7.92. The van der Waals surface area contributed by atoms with Gasteiger partial charge in [-0.3, -0.25) is 0 Å². The molecule has 1 rings (SSSR count). The molecule has 6 heteroatoms. The second-order valence-corrected chi connectivity index (χ2v) is 8.25. The minimum Gasteiger partial charge on any atom is -0.396 e. The molecule has 3 N–H and O–H groups in total. The lowest BCUT2D eigenvalue weighted by Gasteiger charge is -2.23. The van der Waals surface area contributed by atoms with E-state index in [0.29, 0.717) is 19.5 Å². The van der Waals surface area contributed by atoms with Crippen molar-refractivity contribution < 1.29 is 9.90 Å². The molecule has 1 aromatic rings. The van der Waals surface area contributed by atoms with Crippen molar-refractivity contribution in [1.29, 1.82) is 0 Å². The van der Waals surface area contributed by atoms with Crippen molar-refractivity contribution in [1.82, 2.24) is 15.6 Å². The molecular weight excluding hydrogens is 298 g/mol. The average molecular weight is 327 g/mol. The fourth-order valence-electron chi connectivity index (χ4n) is 1.84. The molecule has 0 fully saturated rings. The van der Waals surface area contributed by atoms with Crippen molar-refractivity contribution in [2.24, 2.45) is 5.41 Å². The molecule has 0 spiro atoms. The van der Waals surface area contributed by atoms with Gasteiger partial charge in [-0.15, -0.1) is 11.3 Å². The van der Waals surface area contributed by atoms with Gasteiger partial charge in [-0.25, -0.2) is 9.78 Å². The minimum atomic E-state index is -0.169. The van der Waals surface area contributed by atoms with Crippen LogP contribution in [0.2, 0.25) is 0 Å². The Morgan fingerprint density at radius 1 is 1.27 bits per heavy atom. The van der Waals surface area contributed by atoms with E-state index in [9.17, 15) is 4.79 Å². The van der Waals surface area contributed by atoms with Gasteiger partial charge in [0.1, 0.15) is 0 Å². The third-order valence-electron chi connectivity index (χ3n) is 3.38. The number of nitrogens with zero attached hydrogens (tertiary/aromatic N) is 1. The van der Waals surface area contributed by atoms with Crippen molar-refractivity contribution >= 4 is 17.4 Å². The molecule has 0 aliphatic rings. The number of aliphatic hydroxyl groups is 1. The first-order valence-electron chi connectivity index (χ1n) is 7.71. The Hall–Kier alpha value is -1.14. The molecule has 0 aliphatic carbocycles. The first-order chi connectivity index (χ1) is 10.1. The van der Waals surface area contributed by atoms with Crippen LogP contribution in [0.3, 0.4) is 0 Å². The van der Waals surface area contributed by atoms with E-state index in [1.54, 1.807) is 11.3 Å². The molecule has 0 radical (unpaired) electrons. The van der Waals surface area contributed by atoms with Crippen LogP contribution in [0, 0.1) is 5.41 Å². The summed E-state index contributed by atoms with van der Waals surface area (Å²) in [7, 11) is 0. The SMILES string of the molecule is CC(C)(CCO)CNC(=O)NCCc1csc(C(C)(C)C)n1. The number of thiazole rings is 1. The Labute approximate surface area is 137 Å². The topological polar surface area (TPSA) is 74.2 Å². The summed E-state index contributed by atoms with van der Waals surface area (Å²) in [6, 6.07) is -0.169. The largest absolute Gasteiger partial charge is 0.396 e. The Kier molecular flexibility index (Phi) is 6.81. The maximum atomic E-state index is 11.7. The van der Waals surface area contributed by atoms with Crippen molar-refractivity contribution in [3.63, 3.8) is 0 Å². The van der Waals surface area contributed by atoms with Gasteiger partial charge in [-0.05, 0) is 11.8 Å². The van der Waals surface area contributed by atoms with Gasteiger partial charge in [0.15, 0.2) is 0 Å². The number of rotatable bonds is 7. The van der Waals surface area contributed by atoms with Crippen LogP contribution < -0.4 is 10.6 Å². The molecule has 1 heterocycles. The van der Waals surface area contributed by atoms with Crippen LogP contribution in [0.25, 0.3) is 0 Å². The molecule has 2 amide bonds. The van der Waals surface area contributed by atoms with Gasteiger partial charge in [0.05, 0.1) is 10.7 Å². The molecule has 0 unspecified atom stereocenters. The van der Waals surface area contributed by atoms with E-state index < -0.39 is 0 Å². The molecule has 0 atom stereocenters. The summed E-state index contributed by atoms with van der Waals surface area (Å²) in [4.78, 5) is 16.4. The molecular formula is C16H29N3O2S. The van der Waals surface area contributed by atoms with E-state index in [1.165, 1.54) is 0 Å². The fraction of sp³-hybridized carbons (Fsp3) is 0.750. The van der Waals surface area contributed by atoms with Gasteiger partial charge < -0.3 is 15.7 Å². The number of carbonyl (C=O) groups excluding carboxylic acids is 1. The predicted octanol–water partition coefficient (Wildman–Crippen LogP) is 2.69. The van der Waals surface area contributed by atoms with Gasteiger partial charge in [-0.1, -0.05) is 34.6 Å². The fourth-order valence-corrected chi connectivity index (χ4v) is 2.79. The number of amides is 2. The lowest BCUT2D eigenvalue weighted by Crippen LogP contribution is -2.41.